The largest absolute Gasteiger partial charge is 0.507 e. The number of hydrogen-bond donors (Lipinski definition) is 3. The summed E-state index contributed by atoms with van der Waals surface area (Å²) in [6, 6.07) is 9.30. The molecule has 2 atom stereocenters. The third-order valence-corrected chi connectivity index (χ3v) is 5.50. The molecular formula is C21H20ClNO5. The number of nitrogens with zero attached hydrogens (tertiary/aromatic N) is 1. The van der Waals surface area contributed by atoms with Crippen LogP contribution in [0.3, 0.4) is 0 Å². The minimum atomic E-state index is -0.738. The Morgan fingerprint density at radius 2 is 1.96 bits per heavy atom. The number of likely N-dealkylation sites (N-methyl/N-ethyl adjacent to an activating group) is 1. The lowest BCUT2D eigenvalue weighted by atomic mass is 9.85. The second-order valence-corrected chi connectivity index (χ2v) is 7.68. The van der Waals surface area contributed by atoms with Gasteiger partial charge in [0.25, 0.3) is 0 Å². The highest BCUT2D eigenvalue weighted by atomic mass is 35.5. The van der Waals surface area contributed by atoms with Crippen molar-refractivity contribution in [2.24, 2.45) is 0 Å². The zero-order valence-corrected chi connectivity index (χ0v) is 16.0. The molecule has 0 saturated carbocycles. The average molecular weight is 402 g/mol. The van der Waals surface area contributed by atoms with Gasteiger partial charge in [-0.3, -0.25) is 4.79 Å². The molecule has 1 aromatic heterocycles. The number of fused-ring (bicyclic) bond motifs is 1. The summed E-state index contributed by atoms with van der Waals surface area (Å²) >= 11 is 6.05. The number of hydrogen-bond acceptors (Lipinski definition) is 6. The molecule has 0 aliphatic carbocycles. The monoisotopic (exact) mass is 401 g/mol. The highest BCUT2D eigenvalue weighted by Crippen LogP contribution is 2.42. The molecule has 3 aromatic rings. The minimum absolute atomic E-state index is 0.00953. The van der Waals surface area contributed by atoms with Gasteiger partial charge in [-0.2, -0.15) is 0 Å². The third kappa shape index (κ3) is 3.24. The standard InChI is InChI=1S/C21H20ClNO5/c1-23-6-5-13(17(27)10-23)19-14(24)8-15(25)20-16(26)9-18(28-21(19)20)11-3-2-4-12(22)7-11/h2-4,7-9,13,17,24-25,27H,5-6,10H2,1H3/t13-,17+/m0/s1. The van der Waals surface area contributed by atoms with Crippen LogP contribution in [0.5, 0.6) is 11.5 Å². The van der Waals surface area contributed by atoms with Crippen LogP contribution in [0.2, 0.25) is 5.02 Å². The van der Waals surface area contributed by atoms with Gasteiger partial charge in [-0.15, -0.1) is 0 Å². The van der Waals surface area contributed by atoms with Crippen molar-refractivity contribution in [1.82, 2.24) is 4.90 Å². The maximum atomic E-state index is 12.8. The zero-order valence-electron chi connectivity index (χ0n) is 15.2. The van der Waals surface area contributed by atoms with Gasteiger partial charge in [-0.25, -0.2) is 0 Å². The first-order valence-corrected chi connectivity index (χ1v) is 9.38. The summed E-state index contributed by atoms with van der Waals surface area (Å²) in [5, 5.41) is 31.9. The normalized spacial score (nSPS) is 20.5. The van der Waals surface area contributed by atoms with Gasteiger partial charge in [-0.05, 0) is 32.1 Å². The number of phenolic OH excluding ortho intramolecular Hbond substituents is 2. The Bertz CT molecular complexity index is 1110. The highest BCUT2D eigenvalue weighted by Gasteiger charge is 2.33. The molecule has 0 amide bonds. The van der Waals surface area contributed by atoms with Gasteiger partial charge in [0.2, 0.25) is 0 Å². The highest BCUT2D eigenvalue weighted by molar-refractivity contribution is 6.30. The summed E-state index contributed by atoms with van der Waals surface area (Å²) in [6.07, 6.45) is -0.159. The predicted octanol–water partition coefficient (Wildman–Crippen LogP) is 3.30. The number of aliphatic hydroxyl groups is 1. The lowest BCUT2D eigenvalue weighted by Crippen LogP contribution is -2.40. The van der Waals surface area contributed by atoms with Gasteiger partial charge < -0.3 is 24.6 Å². The van der Waals surface area contributed by atoms with Gasteiger partial charge in [0, 0.05) is 40.7 Å². The van der Waals surface area contributed by atoms with Crippen LogP contribution in [0.4, 0.5) is 0 Å². The molecule has 2 aromatic carbocycles. The van der Waals surface area contributed by atoms with E-state index < -0.39 is 17.5 Å². The van der Waals surface area contributed by atoms with Crippen molar-refractivity contribution in [2.75, 3.05) is 20.1 Å². The quantitative estimate of drug-likeness (QED) is 0.610. The van der Waals surface area contributed by atoms with Crippen molar-refractivity contribution in [3.05, 3.63) is 57.2 Å². The van der Waals surface area contributed by atoms with Gasteiger partial charge in [-0.1, -0.05) is 23.7 Å². The van der Waals surface area contributed by atoms with Crippen LogP contribution in [0, 0.1) is 0 Å². The summed E-state index contributed by atoms with van der Waals surface area (Å²) in [7, 11) is 1.91. The second kappa shape index (κ2) is 7.13. The number of benzene rings is 2. The zero-order chi connectivity index (χ0) is 20.0. The number of aliphatic hydroxyl groups excluding tert-OH is 1. The molecule has 0 bridgehead atoms. The Kier molecular flexibility index (Phi) is 4.79. The Labute approximate surface area is 166 Å². The lowest BCUT2D eigenvalue weighted by Gasteiger charge is -2.34. The van der Waals surface area contributed by atoms with Crippen molar-refractivity contribution < 1.29 is 19.7 Å². The molecule has 0 unspecified atom stereocenters. The van der Waals surface area contributed by atoms with E-state index in [0.717, 1.165) is 12.6 Å². The summed E-state index contributed by atoms with van der Waals surface area (Å²) in [6.45, 7) is 1.16. The van der Waals surface area contributed by atoms with E-state index >= 15 is 0 Å². The molecule has 0 spiro atoms. The molecule has 4 rings (SSSR count). The molecule has 146 valence electrons. The number of β-amino-alcohol motifs (C(OH)–C–C–N with tert-alkyl or cyclic N) is 1. The number of piperidine rings is 1. The molecule has 7 heteroatoms. The smallest absolute Gasteiger partial charge is 0.197 e. The van der Waals surface area contributed by atoms with Crippen LogP contribution < -0.4 is 5.43 Å². The van der Waals surface area contributed by atoms with Gasteiger partial charge >= 0.3 is 0 Å². The Hall–Kier alpha value is -2.54. The van der Waals surface area contributed by atoms with E-state index in [9.17, 15) is 20.1 Å². The first-order chi connectivity index (χ1) is 13.3. The van der Waals surface area contributed by atoms with Gasteiger partial charge in [0.1, 0.15) is 28.2 Å². The fourth-order valence-corrected chi connectivity index (χ4v) is 4.08. The maximum absolute atomic E-state index is 12.8. The van der Waals surface area contributed by atoms with E-state index in [1.807, 2.05) is 11.9 Å². The molecule has 1 saturated heterocycles. The number of likely N-dealkylation sites (tertiary alicyclic amines) is 1. The summed E-state index contributed by atoms with van der Waals surface area (Å²) < 4.78 is 6.00. The molecule has 1 fully saturated rings. The fraction of sp³-hybridized carbons (Fsp3) is 0.286. The molecule has 3 N–H and O–H groups in total. The van der Waals surface area contributed by atoms with E-state index in [4.69, 9.17) is 16.0 Å². The second-order valence-electron chi connectivity index (χ2n) is 7.24. The average Bonchev–Trinajstić information content (AvgIpc) is 2.62. The molecule has 1 aliphatic heterocycles. The van der Waals surface area contributed by atoms with Crippen molar-refractivity contribution in [3.63, 3.8) is 0 Å². The number of rotatable bonds is 2. The van der Waals surface area contributed by atoms with Gasteiger partial charge in [0.15, 0.2) is 5.43 Å². The molecule has 6 nitrogen and oxygen atoms in total. The topological polar surface area (TPSA) is 94.1 Å². The first kappa shape index (κ1) is 18.8. The number of halogens is 1. The minimum Gasteiger partial charge on any atom is -0.507 e. The SMILES string of the molecule is CN1CC[C@H](c2c(O)cc(O)c3c(=O)cc(-c4cccc(Cl)c4)oc23)[C@H](O)C1. The van der Waals surface area contributed by atoms with Crippen molar-refractivity contribution >= 4 is 22.6 Å². The molecular weight excluding hydrogens is 382 g/mol. The number of aromatic hydroxyl groups is 2. The van der Waals surface area contributed by atoms with Crippen LogP contribution in [-0.4, -0.2) is 46.5 Å². The Morgan fingerprint density at radius 3 is 2.68 bits per heavy atom. The Balaban J connectivity index is 1.98. The van der Waals surface area contributed by atoms with Crippen molar-refractivity contribution in [3.8, 4) is 22.8 Å². The van der Waals surface area contributed by atoms with Crippen LogP contribution in [0.15, 0.2) is 45.6 Å². The summed E-state index contributed by atoms with van der Waals surface area (Å²) in [4.78, 5) is 14.7. The molecule has 2 heterocycles. The third-order valence-electron chi connectivity index (χ3n) is 5.26. The van der Waals surface area contributed by atoms with Crippen LogP contribution >= 0.6 is 11.6 Å². The van der Waals surface area contributed by atoms with Crippen molar-refractivity contribution in [1.29, 1.82) is 0 Å². The van der Waals surface area contributed by atoms with Crippen LogP contribution in [-0.2, 0) is 0 Å². The predicted molar refractivity (Wildman–Crippen MR) is 107 cm³/mol. The van der Waals surface area contributed by atoms with E-state index in [2.05, 4.69) is 0 Å². The van der Waals surface area contributed by atoms with E-state index in [1.54, 1.807) is 24.3 Å². The summed E-state index contributed by atoms with van der Waals surface area (Å²) in [5.74, 6) is -0.708. The van der Waals surface area contributed by atoms with E-state index in [-0.39, 0.29) is 28.2 Å². The van der Waals surface area contributed by atoms with Crippen molar-refractivity contribution in [2.45, 2.75) is 18.4 Å². The van der Waals surface area contributed by atoms with E-state index in [1.165, 1.54) is 6.07 Å². The fourth-order valence-electron chi connectivity index (χ4n) is 3.89. The lowest BCUT2D eigenvalue weighted by molar-refractivity contribution is 0.0631. The molecule has 28 heavy (non-hydrogen) atoms. The van der Waals surface area contributed by atoms with Crippen LogP contribution in [0.1, 0.15) is 17.9 Å². The molecule has 1 aliphatic rings. The number of phenols is 2. The molecule has 0 radical (unpaired) electrons. The first-order valence-electron chi connectivity index (χ1n) is 9.00. The van der Waals surface area contributed by atoms with E-state index in [0.29, 0.717) is 29.1 Å². The maximum Gasteiger partial charge on any atom is 0.197 e. The van der Waals surface area contributed by atoms with Gasteiger partial charge in [0.05, 0.1) is 6.10 Å². The summed E-state index contributed by atoms with van der Waals surface area (Å²) in [5.41, 5.74) is 0.601. The Morgan fingerprint density at radius 1 is 1.18 bits per heavy atom. The van der Waals surface area contributed by atoms with Crippen LogP contribution in [0.25, 0.3) is 22.3 Å².